The topological polar surface area (TPSA) is 34.1 Å². The molecule has 1 N–H and O–H groups in total. The molecule has 2 rings (SSSR count). The monoisotopic (exact) mass is 270 g/mol. The van der Waals surface area contributed by atoms with E-state index in [4.69, 9.17) is 4.74 Å². The predicted octanol–water partition coefficient (Wildman–Crippen LogP) is 4.32. The van der Waals surface area contributed by atoms with E-state index >= 15 is 0 Å². The van der Waals surface area contributed by atoms with E-state index in [0.717, 1.165) is 36.6 Å². The normalized spacial score (nSPS) is 12.1. The van der Waals surface area contributed by atoms with Crippen LogP contribution in [0, 0.1) is 0 Å². The Hall–Kier alpha value is -1.87. The van der Waals surface area contributed by atoms with E-state index in [1.807, 2.05) is 42.5 Å². The summed E-state index contributed by atoms with van der Waals surface area (Å²) in [4.78, 5) is 4.51. The Morgan fingerprint density at radius 1 is 1.05 bits per heavy atom. The SMILES string of the molecule is CCCNC(CC)c1ccc(Oc2ccccc2)cn1. The number of nitrogens with one attached hydrogen (secondary N) is 1. The van der Waals surface area contributed by atoms with Crippen molar-refractivity contribution in [2.75, 3.05) is 6.54 Å². The molecule has 1 aromatic heterocycles. The fourth-order valence-corrected chi connectivity index (χ4v) is 2.06. The summed E-state index contributed by atoms with van der Waals surface area (Å²) in [6.07, 6.45) is 3.95. The third-order valence-corrected chi connectivity index (χ3v) is 3.14. The van der Waals surface area contributed by atoms with Crippen LogP contribution in [0.15, 0.2) is 48.7 Å². The van der Waals surface area contributed by atoms with Gasteiger partial charge in [0.25, 0.3) is 0 Å². The Kier molecular flexibility index (Phi) is 5.56. The molecule has 3 heteroatoms. The van der Waals surface area contributed by atoms with Crippen molar-refractivity contribution in [1.82, 2.24) is 10.3 Å². The summed E-state index contributed by atoms with van der Waals surface area (Å²) < 4.78 is 5.74. The lowest BCUT2D eigenvalue weighted by Crippen LogP contribution is -2.22. The number of ether oxygens (including phenoxy) is 1. The molecule has 0 saturated heterocycles. The van der Waals surface area contributed by atoms with Gasteiger partial charge in [-0.05, 0) is 43.7 Å². The van der Waals surface area contributed by atoms with E-state index in [1.54, 1.807) is 6.20 Å². The second-order valence-electron chi connectivity index (χ2n) is 4.75. The molecule has 0 radical (unpaired) electrons. The molecule has 20 heavy (non-hydrogen) atoms. The van der Waals surface area contributed by atoms with Crippen molar-refractivity contribution in [3.05, 3.63) is 54.4 Å². The lowest BCUT2D eigenvalue weighted by molar-refractivity contribution is 0.474. The van der Waals surface area contributed by atoms with Crippen molar-refractivity contribution in [3.8, 4) is 11.5 Å². The van der Waals surface area contributed by atoms with E-state index < -0.39 is 0 Å². The third kappa shape index (κ3) is 4.07. The highest BCUT2D eigenvalue weighted by Gasteiger charge is 2.09. The molecule has 0 amide bonds. The lowest BCUT2D eigenvalue weighted by Gasteiger charge is -2.16. The zero-order chi connectivity index (χ0) is 14.2. The molecule has 106 valence electrons. The summed E-state index contributed by atoms with van der Waals surface area (Å²) >= 11 is 0. The van der Waals surface area contributed by atoms with E-state index in [-0.39, 0.29) is 0 Å². The molecule has 1 aromatic carbocycles. The summed E-state index contributed by atoms with van der Waals surface area (Å²) in [5, 5.41) is 3.50. The Morgan fingerprint density at radius 3 is 2.45 bits per heavy atom. The van der Waals surface area contributed by atoms with E-state index in [1.165, 1.54) is 0 Å². The third-order valence-electron chi connectivity index (χ3n) is 3.14. The number of aromatic nitrogens is 1. The minimum Gasteiger partial charge on any atom is -0.456 e. The minimum absolute atomic E-state index is 0.320. The first-order valence-electron chi connectivity index (χ1n) is 7.25. The van der Waals surface area contributed by atoms with Gasteiger partial charge in [0.2, 0.25) is 0 Å². The van der Waals surface area contributed by atoms with Gasteiger partial charge in [0.15, 0.2) is 0 Å². The van der Waals surface area contributed by atoms with Gasteiger partial charge in [-0.25, -0.2) is 0 Å². The van der Waals surface area contributed by atoms with Crippen LogP contribution in [0.4, 0.5) is 0 Å². The van der Waals surface area contributed by atoms with E-state index in [0.29, 0.717) is 6.04 Å². The van der Waals surface area contributed by atoms with Crippen LogP contribution in [-0.4, -0.2) is 11.5 Å². The van der Waals surface area contributed by atoms with E-state index in [9.17, 15) is 0 Å². The standard InChI is InChI=1S/C17H22N2O/c1-3-12-18-16(4-2)17-11-10-15(13-19-17)20-14-8-6-5-7-9-14/h5-11,13,16,18H,3-4,12H2,1-2H3. The number of hydrogen-bond donors (Lipinski definition) is 1. The van der Waals surface area contributed by atoms with Gasteiger partial charge in [-0.3, -0.25) is 4.98 Å². The van der Waals surface area contributed by atoms with Crippen molar-refractivity contribution in [2.45, 2.75) is 32.7 Å². The van der Waals surface area contributed by atoms with Gasteiger partial charge >= 0.3 is 0 Å². The Bertz CT molecular complexity index is 496. The van der Waals surface area contributed by atoms with Gasteiger partial charge < -0.3 is 10.1 Å². The second kappa shape index (κ2) is 7.65. The molecular weight excluding hydrogens is 248 g/mol. The summed E-state index contributed by atoms with van der Waals surface area (Å²) in [5.74, 6) is 1.60. The van der Waals surface area contributed by atoms with Crippen LogP contribution >= 0.6 is 0 Å². The van der Waals surface area contributed by atoms with Crippen LogP contribution in [0.1, 0.15) is 38.4 Å². The maximum atomic E-state index is 5.74. The molecule has 1 heterocycles. The molecule has 0 aliphatic heterocycles. The number of nitrogens with zero attached hydrogens (tertiary/aromatic N) is 1. The van der Waals surface area contributed by atoms with Gasteiger partial charge in [-0.2, -0.15) is 0 Å². The molecule has 0 bridgehead atoms. The second-order valence-corrected chi connectivity index (χ2v) is 4.75. The van der Waals surface area contributed by atoms with Crippen molar-refractivity contribution in [2.24, 2.45) is 0 Å². The number of para-hydroxylation sites is 1. The summed E-state index contributed by atoms with van der Waals surface area (Å²) in [7, 11) is 0. The van der Waals surface area contributed by atoms with Crippen LogP contribution in [0.2, 0.25) is 0 Å². The minimum atomic E-state index is 0.320. The van der Waals surface area contributed by atoms with Crippen molar-refractivity contribution in [3.63, 3.8) is 0 Å². The first-order valence-corrected chi connectivity index (χ1v) is 7.25. The fourth-order valence-electron chi connectivity index (χ4n) is 2.06. The average molecular weight is 270 g/mol. The van der Waals surface area contributed by atoms with Crippen LogP contribution in [0.5, 0.6) is 11.5 Å². The Morgan fingerprint density at radius 2 is 1.85 bits per heavy atom. The van der Waals surface area contributed by atoms with Gasteiger partial charge in [0.05, 0.1) is 11.9 Å². The average Bonchev–Trinajstić information content (AvgIpc) is 2.50. The Balaban J connectivity index is 2.02. The summed E-state index contributed by atoms with van der Waals surface area (Å²) in [5.41, 5.74) is 1.07. The van der Waals surface area contributed by atoms with Crippen LogP contribution < -0.4 is 10.1 Å². The first-order chi connectivity index (χ1) is 9.83. The Labute approximate surface area is 121 Å². The molecule has 0 aliphatic rings. The molecule has 0 aliphatic carbocycles. The smallest absolute Gasteiger partial charge is 0.145 e. The van der Waals surface area contributed by atoms with Crippen molar-refractivity contribution >= 4 is 0 Å². The highest BCUT2D eigenvalue weighted by molar-refractivity contribution is 5.30. The lowest BCUT2D eigenvalue weighted by atomic mass is 10.1. The summed E-state index contributed by atoms with van der Waals surface area (Å²) in [6.45, 7) is 5.36. The maximum absolute atomic E-state index is 5.74. The molecule has 0 saturated carbocycles. The highest BCUT2D eigenvalue weighted by Crippen LogP contribution is 2.22. The van der Waals surface area contributed by atoms with Crippen LogP contribution in [0.25, 0.3) is 0 Å². The molecule has 0 fully saturated rings. The van der Waals surface area contributed by atoms with Crippen LogP contribution in [-0.2, 0) is 0 Å². The van der Waals surface area contributed by atoms with Crippen molar-refractivity contribution in [1.29, 1.82) is 0 Å². The number of rotatable bonds is 7. The zero-order valence-corrected chi connectivity index (χ0v) is 12.2. The van der Waals surface area contributed by atoms with E-state index in [2.05, 4.69) is 24.1 Å². The fraction of sp³-hybridized carbons (Fsp3) is 0.353. The van der Waals surface area contributed by atoms with Crippen LogP contribution in [0.3, 0.4) is 0 Å². The maximum Gasteiger partial charge on any atom is 0.145 e. The molecule has 1 atom stereocenters. The quantitative estimate of drug-likeness (QED) is 0.813. The first kappa shape index (κ1) is 14.5. The predicted molar refractivity (Wildman–Crippen MR) is 82.1 cm³/mol. The molecule has 2 aromatic rings. The molecule has 1 unspecified atom stereocenters. The zero-order valence-electron chi connectivity index (χ0n) is 12.2. The molecular formula is C17H22N2O. The molecule has 3 nitrogen and oxygen atoms in total. The van der Waals surface area contributed by atoms with Gasteiger partial charge in [0.1, 0.15) is 11.5 Å². The number of pyridine rings is 1. The molecule has 0 spiro atoms. The van der Waals surface area contributed by atoms with Gasteiger partial charge in [-0.1, -0.05) is 32.0 Å². The van der Waals surface area contributed by atoms with Gasteiger partial charge in [0, 0.05) is 6.04 Å². The highest BCUT2D eigenvalue weighted by atomic mass is 16.5. The summed E-state index contributed by atoms with van der Waals surface area (Å²) in [6, 6.07) is 14.1. The van der Waals surface area contributed by atoms with Crippen molar-refractivity contribution < 1.29 is 4.74 Å². The largest absolute Gasteiger partial charge is 0.456 e. The number of benzene rings is 1. The number of hydrogen-bond acceptors (Lipinski definition) is 3. The van der Waals surface area contributed by atoms with Gasteiger partial charge in [-0.15, -0.1) is 0 Å².